The summed E-state index contributed by atoms with van der Waals surface area (Å²) in [6, 6.07) is 0. The lowest BCUT2D eigenvalue weighted by atomic mass is 10.1. The van der Waals surface area contributed by atoms with Gasteiger partial charge in [-0.15, -0.1) is 6.58 Å². The van der Waals surface area contributed by atoms with E-state index in [1.165, 1.54) is 12.8 Å². The Balaban J connectivity index is 3.24. The lowest BCUT2D eigenvalue weighted by molar-refractivity contribution is 0.107. The van der Waals surface area contributed by atoms with Crippen LogP contribution in [0, 0.1) is 5.92 Å². The van der Waals surface area contributed by atoms with Gasteiger partial charge in [-0.2, -0.15) is 12.6 Å². The van der Waals surface area contributed by atoms with Gasteiger partial charge in [0.15, 0.2) is 0 Å². The van der Waals surface area contributed by atoms with Crippen molar-refractivity contribution >= 4 is 12.6 Å². The molecule has 0 amide bonds. The average molecular weight is 188 g/mol. The molecule has 0 bridgehead atoms. The van der Waals surface area contributed by atoms with Gasteiger partial charge in [0.25, 0.3) is 0 Å². The quantitative estimate of drug-likeness (QED) is 0.350. The summed E-state index contributed by atoms with van der Waals surface area (Å²) in [7, 11) is 0. The smallest absolute Gasteiger partial charge is 0.0502 e. The van der Waals surface area contributed by atoms with Gasteiger partial charge in [-0.1, -0.05) is 19.4 Å². The van der Waals surface area contributed by atoms with E-state index in [1.54, 1.807) is 0 Å². The standard InChI is InChI=1S/C10H20OS/c1-3-5-7-11-8-10(9-12)6-4-2/h3,10,12H,1,4-9H2,2H3. The fourth-order valence-electron chi connectivity index (χ4n) is 1.05. The molecule has 0 spiro atoms. The molecule has 0 heterocycles. The molecule has 0 aliphatic carbocycles. The van der Waals surface area contributed by atoms with Crippen molar-refractivity contribution in [2.45, 2.75) is 26.2 Å². The Morgan fingerprint density at radius 2 is 2.33 bits per heavy atom. The van der Waals surface area contributed by atoms with Crippen LogP contribution < -0.4 is 0 Å². The van der Waals surface area contributed by atoms with Crippen molar-refractivity contribution < 1.29 is 4.74 Å². The largest absolute Gasteiger partial charge is 0.381 e. The third-order valence-electron chi connectivity index (χ3n) is 1.77. The van der Waals surface area contributed by atoms with E-state index in [-0.39, 0.29) is 0 Å². The maximum atomic E-state index is 5.46. The van der Waals surface area contributed by atoms with Crippen molar-refractivity contribution in [1.29, 1.82) is 0 Å². The predicted molar refractivity (Wildman–Crippen MR) is 57.9 cm³/mol. The minimum absolute atomic E-state index is 0.628. The molecule has 0 aromatic carbocycles. The Labute approximate surface area is 81.6 Å². The second kappa shape index (κ2) is 9.14. The summed E-state index contributed by atoms with van der Waals surface area (Å²) in [6.45, 7) is 7.49. The van der Waals surface area contributed by atoms with Gasteiger partial charge in [-0.05, 0) is 24.5 Å². The second-order valence-corrected chi connectivity index (χ2v) is 3.35. The fourth-order valence-corrected chi connectivity index (χ4v) is 1.34. The topological polar surface area (TPSA) is 9.23 Å². The summed E-state index contributed by atoms with van der Waals surface area (Å²) in [4.78, 5) is 0. The van der Waals surface area contributed by atoms with Crippen LogP contribution in [0.25, 0.3) is 0 Å². The maximum absolute atomic E-state index is 5.46. The van der Waals surface area contributed by atoms with E-state index < -0.39 is 0 Å². The third kappa shape index (κ3) is 6.74. The number of ether oxygens (including phenoxy) is 1. The highest BCUT2D eigenvalue weighted by molar-refractivity contribution is 7.80. The predicted octanol–water partition coefficient (Wildman–Crippen LogP) is 2.93. The van der Waals surface area contributed by atoms with E-state index in [0.29, 0.717) is 5.92 Å². The van der Waals surface area contributed by atoms with Crippen molar-refractivity contribution in [2.24, 2.45) is 5.92 Å². The molecule has 2 heteroatoms. The van der Waals surface area contributed by atoms with Gasteiger partial charge in [0.2, 0.25) is 0 Å². The Kier molecular flexibility index (Phi) is 9.18. The molecule has 0 rings (SSSR count). The molecule has 0 aliphatic heterocycles. The zero-order valence-electron chi connectivity index (χ0n) is 7.96. The van der Waals surface area contributed by atoms with Crippen LogP contribution in [0.4, 0.5) is 0 Å². The van der Waals surface area contributed by atoms with Gasteiger partial charge >= 0.3 is 0 Å². The minimum atomic E-state index is 0.628. The molecule has 0 radical (unpaired) electrons. The first-order valence-corrected chi connectivity index (χ1v) is 5.27. The van der Waals surface area contributed by atoms with Gasteiger partial charge < -0.3 is 4.74 Å². The molecule has 72 valence electrons. The van der Waals surface area contributed by atoms with Crippen LogP contribution in [-0.4, -0.2) is 19.0 Å². The SMILES string of the molecule is C=CCCOCC(CS)CCC. The van der Waals surface area contributed by atoms with Crippen LogP contribution in [0.5, 0.6) is 0 Å². The van der Waals surface area contributed by atoms with E-state index in [9.17, 15) is 0 Å². The normalized spacial score (nSPS) is 12.8. The van der Waals surface area contributed by atoms with Crippen molar-refractivity contribution in [2.75, 3.05) is 19.0 Å². The van der Waals surface area contributed by atoms with Crippen LogP contribution in [0.1, 0.15) is 26.2 Å². The minimum Gasteiger partial charge on any atom is -0.381 e. The lowest BCUT2D eigenvalue weighted by Crippen LogP contribution is -2.11. The van der Waals surface area contributed by atoms with Crippen molar-refractivity contribution in [1.82, 2.24) is 0 Å². The summed E-state index contributed by atoms with van der Waals surface area (Å²) < 4.78 is 5.46. The third-order valence-corrected chi connectivity index (χ3v) is 2.29. The molecule has 1 unspecified atom stereocenters. The monoisotopic (exact) mass is 188 g/mol. The molecule has 0 aliphatic rings. The van der Waals surface area contributed by atoms with E-state index >= 15 is 0 Å². The molecular weight excluding hydrogens is 168 g/mol. The number of hydrogen-bond donors (Lipinski definition) is 1. The Morgan fingerprint density at radius 1 is 1.58 bits per heavy atom. The van der Waals surface area contributed by atoms with Crippen molar-refractivity contribution in [3.8, 4) is 0 Å². The van der Waals surface area contributed by atoms with E-state index in [0.717, 1.165) is 25.4 Å². The molecule has 0 N–H and O–H groups in total. The molecule has 0 fully saturated rings. The summed E-state index contributed by atoms with van der Waals surface area (Å²) in [5, 5.41) is 0. The van der Waals surface area contributed by atoms with Crippen LogP contribution in [0.15, 0.2) is 12.7 Å². The van der Waals surface area contributed by atoms with E-state index in [4.69, 9.17) is 4.74 Å². The molecule has 1 nitrogen and oxygen atoms in total. The summed E-state index contributed by atoms with van der Waals surface area (Å²) in [6.07, 6.45) is 5.27. The molecule has 0 saturated carbocycles. The highest BCUT2D eigenvalue weighted by Crippen LogP contribution is 2.08. The van der Waals surface area contributed by atoms with Gasteiger partial charge in [-0.3, -0.25) is 0 Å². The maximum Gasteiger partial charge on any atom is 0.0502 e. The van der Waals surface area contributed by atoms with Crippen LogP contribution in [0.2, 0.25) is 0 Å². The molecule has 0 aromatic rings. The van der Waals surface area contributed by atoms with E-state index in [2.05, 4.69) is 26.1 Å². The summed E-state index contributed by atoms with van der Waals surface area (Å²) in [5.74, 6) is 1.56. The molecule has 12 heavy (non-hydrogen) atoms. The Bertz CT molecular complexity index is 104. The number of thiol groups is 1. The zero-order valence-corrected chi connectivity index (χ0v) is 8.85. The first-order valence-electron chi connectivity index (χ1n) is 4.64. The lowest BCUT2D eigenvalue weighted by Gasteiger charge is -2.12. The van der Waals surface area contributed by atoms with E-state index in [1.807, 2.05) is 6.08 Å². The van der Waals surface area contributed by atoms with Crippen molar-refractivity contribution in [3.63, 3.8) is 0 Å². The Hall–Kier alpha value is 0.0500. The van der Waals surface area contributed by atoms with Gasteiger partial charge in [0.1, 0.15) is 0 Å². The van der Waals surface area contributed by atoms with Gasteiger partial charge in [-0.25, -0.2) is 0 Å². The number of rotatable bonds is 8. The Morgan fingerprint density at radius 3 is 2.83 bits per heavy atom. The van der Waals surface area contributed by atoms with Gasteiger partial charge in [0, 0.05) is 0 Å². The average Bonchev–Trinajstić information content (AvgIpc) is 2.10. The van der Waals surface area contributed by atoms with Gasteiger partial charge in [0.05, 0.1) is 13.2 Å². The molecule has 1 atom stereocenters. The summed E-state index contributed by atoms with van der Waals surface area (Å²) in [5.41, 5.74) is 0. The van der Waals surface area contributed by atoms with Crippen LogP contribution in [0.3, 0.4) is 0 Å². The fraction of sp³-hybridized carbons (Fsp3) is 0.800. The van der Waals surface area contributed by atoms with Crippen LogP contribution >= 0.6 is 12.6 Å². The molecular formula is C10H20OS. The highest BCUT2D eigenvalue weighted by atomic mass is 32.1. The first kappa shape index (κ1) is 12.0. The first-order chi connectivity index (χ1) is 5.85. The summed E-state index contributed by atoms with van der Waals surface area (Å²) >= 11 is 4.27. The van der Waals surface area contributed by atoms with Crippen molar-refractivity contribution in [3.05, 3.63) is 12.7 Å². The molecule has 0 saturated heterocycles. The highest BCUT2D eigenvalue weighted by Gasteiger charge is 2.04. The number of hydrogen-bond acceptors (Lipinski definition) is 2. The van der Waals surface area contributed by atoms with Crippen LogP contribution in [-0.2, 0) is 4.74 Å². The molecule has 0 aromatic heterocycles. The second-order valence-electron chi connectivity index (χ2n) is 2.99. The zero-order chi connectivity index (χ0) is 9.23.